The molecule has 2 heterocycles. The number of hydrogen-bond acceptors (Lipinski definition) is 5. The molecule has 0 fully saturated rings. The molecular formula is C27H32N4O3. The Balaban J connectivity index is 1.85. The molecule has 0 unspecified atom stereocenters. The van der Waals surface area contributed by atoms with Crippen LogP contribution in [0.15, 0.2) is 37.2 Å². The van der Waals surface area contributed by atoms with E-state index >= 15 is 0 Å². The Morgan fingerprint density at radius 2 is 1.97 bits per heavy atom. The number of allylic oxidation sites excluding steroid dienone is 1. The van der Waals surface area contributed by atoms with Crippen molar-refractivity contribution in [2.75, 3.05) is 6.54 Å². The van der Waals surface area contributed by atoms with Gasteiger partial charge >= 0.3 is 0 Å². The Morgan fingerprint density at radius 1 is 1.18 bits per heavy atom. The number of aromatic nitrogens is 3. The summed E-state index contributed by atoms with van der Waals surface area (Å²) in [5.41, 5.74) is 4.46. The molecular weight excluding hydrogens is 428 g/mol. The van der Waals surface area contributed by atoms with Crippen LogP contribution in [0.4, 0.5) is 0 Å². The number of unbranched alkanes of at least 4 members (excludes halogenated alkanes) is 2. The largest absolute Gasteiger partial charge is 0.507 e. The van der Waals surface area contributed by atoms with Crippen LogP contribution in [0.2, 0.25) is 0 Å². The Kier molecular flexibility index (Phi) is 6.72. The molecule has 0 atom stereocenters. The number of rotatable bonds is 7. The number of fused-ring (bicyclic) bond motifs is 1. The Morgan fingerprint density at radius 3 is 2.71 bits per heavy atom. The molecule has 1 aromatic heterocycles. The zero-order valence-electron chi connectivity index (χ0n) is 20.1. The summed E-state index contributed by atoms with van der Waals surface area (Å²) in [4.78, 5) is 15.5. The van der Waals surface area contributed by atoms with Gasteiger partial charge in [-0.15, -0.1) is 10.2 Å². The van der Waals surface area contributed by atoms with Crippen molar-refractivity contribution in [1.29, 1.82) is 0 Å². The van der Waals surface area contributed by atoms with Crippen LogP contribution in [-0.4, -0.2) is 42.3 Å². The van der Waals surface area contributed by atoms with Gasteiger partial charge in [0.05, 0.1) is 17.7 Å². The number of amides is 1. The number of phenols is 2. The standard InChI is InChI=1S/C27H32N4O3/c1-5-6-7-8-19-14-22(32)25(21-13-18(4)9-10-20(21)17(2)3)26(33)24(19)27(34)30-11-12-31-16-28-29-23(31)15-30/h9-10,13-14,16,32-33H,2,5-8,11-12,15H2,1,3-4H3. The van der Waals surface area contributed by atoms with Crippen molar-refractivity contribution in [1.82, 2.24) is 19.7 Å². The van der Waals surface area contributed by atoms with Crippen LogP contribution >= 0.6 is 0 Å². The summed E-state index contributed by atoms with van der Waals surface area (Å²) in [6, 6.07) is 7.46. The molecule has 34 heavy (non-hydrogen) atoms. The van der Waals surface area contributed by atoms with Gasteiger partial charge in [0.25, 0.3) is 5.91 Å². The van der Waals surface area contributed by atoms with E-state index in [0.29, 0.717) is 43.0 Å². The Hall–Kier alpha value is -3.61. The molecule has 2 N–H and O–H groups in total. The van der Waals surface area contributed by atoms with E-state index in [2.05, 4.69) is 23.7 Å². The fourth-order valence-electron chi connectivity index (χ4n) is 4.61. The molecule has 1 aliphatic heterocycles. The number of carbonyl (C=O) groups excluding carboxylic acids is 1. The van der Waals surface area contributed by atoms with E-state index in [4.69, 9.17) is 0 Å². The van der Waals surface area contributed by atoms with Crippen molar-refractivity contribution in [3.63, 3.8) is 0 Å². The molecule has 3 aromatic rings. The molecule has 7 heteroatoms. The maximum atomic E-state index is 13.8. The average molecular weight is 461 g/mol. The molecule has 7 nitrogen and oxygen atoms in total. The van der Waals surface area contributed by atoms with E-state index in [1.165, 1.54) is 0 Å². The highest BCUT2D eigenvalue weighted by atomic mass is 16.3. The van der Waals surface area contributed by atoms with Gasteiger partial charge in [-0.25, -0.2) is 0 Å². The minimum atomic E-state index is -0.260. The van der Waals surface area contributed by atoms with E-state index in [9.17, 15) is 15.0 Å². The molecule has 1 amide bonds. The normalized spacial score (nSPS) is 13.1. The second kappa shape index (κ2) is 9.71. The first-order valence-corrected chi connectivity index (χ1v) is 11.8. The summed E-state index contributed by atoms with van der Waals surface area (Å²) in [7, 11) is 0. The molecule has 0 radical (unpaired) electrons. The smallest absolute Gasteiger partial charge is 0.258 e. The third kappa shape index (κ3) is 4.42. The quantitative estimate of drug-likeness (QED) is 0.480. The maximum absolute atomic E-state index is 13.8. The molecule has 178 valence electrons. The minimum absolute atomic E-state index is 0.0352. The summed E-state index contributed by atoms with van der Waals surface area (Å²) < 4.78 is 1.93. The van der Waals surface area contributed by atoms with Crippen LogP contribution < -0.4 is 0 Å². The van der Waals surface area contributed by atoms with Crippen LogP contribution in [0.5, 0.6) is 11.5 Å². The van der Waals surface area contributed by atoms with Gasteiger partial charge in [0, 0.05) is 13.1 Å². The lowest BCUT2D eigenvalue weighted by Crippen LogP contribution is -2.38. The first kappa shape index (κ1) is 23.5. The molecule has 0 saturated heterocycles. The number of aromatic hydroxyl groups is 2. The molecule has 1 aliphatic rings. The molecule has 2 aromatic carbocycles. The van der Waals surface area contributed by atoms with Gasteiger partial charge in [-0.2, -0.15) is 0 Å². The number of carbonyl (C=O) groups is 1. The van der Waals surface area contributed by atoms with Crippen molar-refractivity contribution in [3.05, 3.63) is 65.2 Å². The number of phenolic OH excluding ortho intramolecular Hbond substituents is 2. The van der Waals surface area contributed by atoms with Crippen LogP contribution in [0, 0.1) is 6.92 Å². The van der Waals surface area contributed by atoms with E-state index in [1.807, 2.05) is 36.6 Å². The van der Waals surface area contributed by atoms with Gasteiger partial charge < -0.3 is 19.7 Å². The molecule has 4 rings (SSSR count). The SMILES string of the molecule is C=C(C)c1ccc(C)cc1-c1c(O)cc(CCCCC)c(C(=O)N2CCn3cnnc3C2)c1O. The Labute approximate surface area is 200 Å². The van der Waals surface area contributed by atoms with Gasteiger partial charge in [0.2, 0.25) is 0 Å². The first-order chi connectivity index (χ1) is 16.3. The van der Waals surface area contributed by atoms with Crippen molar-refractivity contribution in [3.8, 4) is 22.6 Å². The van der Waals surface area contributed by atoms with Crippen LogP contribution in [-0.2, 0) is 19.5 Å². The summed E-state index contributed by atoms with van der Waals surface area (Å²) in [5, 5.41) is 30.7. The zero-order valence-corrected chi connectivity index (χ0v) is 20.1. The van der Waals surface area contributed by atoms with Crippen LogP contribution in [0.25, 0.3) is 16.7 Å². The fraction of sp³-hybridized carbons (Fsp3) is 0.370. The van der Waals surface area contributed by atoms with Crippen molar-refractivity contribution < 1.29 is 15.0 Å². The maximum Gasteiger partial charge on any atom is 0.258 e. The topological polar surface area (TPSA) is 91.5 Å². The molecule has 0 spiro atoms. The zero-order chi connectivity index (χ0) is 24.4. The van der Waals surface area contributed by atoms with E-state index in [-0.39, 0.29) is 28.5 Å². The van der Waals surface area contributed by atoms with Gasteiger partial charge in [0.1, 0.15) is 17.8 Å². The van der Waals surface area contributed by atoms with Gasteiger partial charge in [-0.1, -0.05) is 55.7 Å². The fourth-order valence-corrected chi connectivity index (χ4v) is 4.61. The van der Waals surface area contributed by atoms with Gasteiger partial charge in [-0.3, -0.25) is 4.79 Å². The predicted octanol–water partition coefficient (Wildman–Crippen LogP) is 5.09. The van der Waals surface area contributed by atoms with E-state index < -0.39 is 0 Å². The second-order valence-corrected chi connectivity index (χ2v) is 9.11. The summed E-state index contributed by atoms with van der Waals surface area (Å²) >= 11 is 0. The number of benzene rings is 2. The van der Waals surface area contributed by atoms with Crippen molar-refractivity contribution in [2.45, 2.75) is 59.5 Å². The third-order valence-corrected chi connectivity index (χ3v) is 6.46. The van der Waals surface area contributed by atoms with Crippen LogP contribution in [0.3, 0.4) is 0 Å². The first-order valence-electron chi connectivity index (χ1n) is 11.8. The summed E-state index contributed by atoms with van der Waals surface area (Å²) in [5.74, 6) is 0.238. The second-order valence-electron chi connectivity index (χ2n) is 9.11. The number of aryl methyl sites for hydroxylation is 2. The van der Waals surface area contributed by atoms with E-state index in [1.54, 1.807) is 17.3 Å². The lowest BCUT2D eigenvalue weighted by molar-refractivity contribution is 0.0703. The predicted molar refractivity (Wildman–Crippen MR) is 133 cm³/mol. The highest BCUT2D eigenvalue weighted by molar-refractivity contribution is 6.02. The lowest BCUT2D eigenvalue weighted by atomic mass is 9.88. The van der Waals surface area contributed by atoms with Crippen molar-refractivity contribution in [2.24, 2.45) is 0 Å². The highest BCUT2D eigenvalue weighted by Gasteiger charge is 2.30. The molecule has 0 aliphatic carbocycles. The van der Waals surface area contributed by atoms with E-state index in [0.717, 1.165) is 36.0 Å². The van der Waals surface area contributed by atoms with Crippen molar-refractivity contribution >= 4 is 11.5 Å². The van der Waals surface area contributed by atoms with Crippen LogP contribution in [0.1, 0.15) is 66.0 Å². The lowest BCUT2D eigenvalue weighted by Gasteiger charge is -2.29. The summed E-state index contributed by atoms with van der Waals surface area (Å²) in [6.07, 6.45) is 5.17. The molecule has 0 saturated carbocycles. The third-order valence-electron chi connectivity index (χ3n) is 6.46. The van der Waals surface area contributed by atoms with Gasteiger partial charge in [-0.05, 0) is 49.4 Å². The monoisotopic (exact) mass is 460 g/mol. The van der Waals surface area contributed by atoms with Gasteiger partial charge in [0.15, 0.2) is 5.82 Å². The Bertz CT molecular complexity index is 1240. The summed E-state index contributed by atoms with van der Waals surface area (Å²) in [6.45, 7) is 11.4. The molecule has 0 bridgehead atoms. The number of hydrogen-bond donors (Lipinski definition) is 2. The minimum Gasteiger partial charge on any atom is -0.507 e. The highest BCUT2D eigenvalue weighted by Crippen LogP contribution is 2.45. The average Bonchev–Trinajstić information content (AvgIpc) is 3.26. The number of nitrogens with zero attached hydrogens (tertiary/aromatic N) is 4.